The number of nitrogen functional groups attached to an aromatic ring is 1. The average Bonchev–Trinajstić information content (AvgIpc) is 2.74. The van der Waals surface area contributed by atoms with Crippen LogP contribution >= 0.6 is 34.0 Å². The van der Waals surface area contributed by atoms with E-state index >= 15 is 0 Å². The van der Waals surface area contributed by atoms with Gasteiger partial charge in [-0.1, -0.05) is 0 Å². The highest BCUT2D eigenvalue weighted by Crippen LogP contribution is 2.43. The van der Waals surface area contributed by atoms with Crippen LogP contribution in [0.15, 0.2) is 12.1 Å². The summed E-state index contributed by atoms with van der Waals surface area (Å²) in [7, 11) is 0. The van der Waals surface area contributed by atoms with Gasteiger partial charge in [-0.05, 0) is 12.1 Å². The van der Waals surface area contributed by atoms with Gasteiger partial charge in [0.15, 0.2) is 6.29 Å². The van der Waals surface area contributed by atoms with Crippen LogP contribution in [0.4, 0.5) is 5.00 Å². The zero-order chi connectivity index (χ0) is 9.71. The van der Waals surface area contributed by atoms with Crippen molar-refractivity contribution in [3.63, 3.8) is 0 Å². The Labute approximate surface area is 91.6 Å². The molecule has 0 radical (unpaired) electrons. The molecule has 70 valence electrons. The molecule has 0 amide bonds. The van der Waals surface area contributed by atoms with Crippen LogP contribution in [0.2, 0.25) is 0 Å². The monoisotopic (exact) mass is 239 g/mol. The number of hydrogen-bond acceptors (Lipinski definition) is 5. The summed E-state index contributed by atoms with van der Waals surface area (Å²) < 4.78 is 4.85. The number of carbonyl (C=O) groups excluding carboxylic acids is 1. The minimum Gasteiger partial charge on any atom is -0.391 e. The normalized spacial score (nSPS) is 11.4. The first-order valence-corrected chi connectivity index (χ1v) is 6.39. The molecule has 3 heterocycles. The number of thiophene rings is 3. The second kappa shape index (κ2) is 2.79. The zero-order valence-corrected chi connectivity index (χ0v) is 9.39. The third-order valence-electron chi connectivity index (χ3n) is 1.98. The Morgan fingerprint density at radius 3 is 2.57 bits per heavy atom. The van der Waals surface area contributed by atoms with E-state index in [1.165, 1.54) is 18.8 Å². The Morgan fingerprint density at radius 2 is 1.79 bits per heavy atom. The van der Waals surface area contributed by atoms with Gasteiger partial charge in [0.25, 0.3) is 0 Å². The molecule has 0 atom stereocenters. The topological polar surface area (TPSA) is 43.1 Å². The van der Waals surface area contributed by atoms with Crippen LogP contribution < -0.4 is 5.73 Å². The largest absolute Gasteiger partial charge is 0.391 e. The lowest BCUT2D eigenvalue weighted by Gasteiger charge is -1.76. The Bertz CT molecular complexity index is 631. The first kappa shape index (κ1) is 8.40. The highest BCUT2D eigenvalue weighted by atomic mass is 32.1. The van der Waals surface area contributed by atoms with Crippen LogP contribution in [-0.4, -0.2) is 6.29 Å². The van der Waals surface area contributed by atoms with Gasteiger partial charge in [-0.15, -0.1) is 34.0 Å². The van der Waals surface area contributed by atoms with E-state index in [0.29, 0.717) is 0 Å². The molecular formula is C9H5NOS3. The van der Waals surface area contributed by atoms with E-state index in [-0.39, 0.29) is 0 Å². The van der Waals surface area contributed by atoms with E-state index in [0.717, 1.165) is 16.2 Å². The van der Waals surface area contributed by atoms with E-state index < -0.39 is 0 Å². The highest BCUT2D eigenvalue weighted by molar-refractivity contribution is 7.39. The SMILES string of the molecule is Nc1cc2sc3cc(C=O)sc3c2s1. The number of hydrogen-bond donors (Lipinski definition) is 1. The first-order valence-electron chi connectivity index (χ1n) is 3.94. The van der Waals surface area contributed by atoms with Crippen molar-refractivity contribution in [2.24, 2.45) is 0 Å². The number of anilines is 1. The van der Waals surface area contributed by atoms with Crippen molar-refractivity contribution in [1.82, 2.24) is 0 Å². The van der Waals surface area contributed by atoms with Gasteiger partial charge in [-0.25, -0.2) is 0 Å². The molecule has 0 fully saturated rings. The zero-order valence-electron chi connectivity index (χ0n) is 6.94. The molecule has 0 aliphatic rings. The predicted molar refractivity (Wildman–Crippen MR) is 64.9 cm³/mol. The summed E-state index contributed by atoms with van der Waals surface area (Å²) in [5.41, 5.74) is 5.73. The van der Waals surface area contributed by atoms with Gasteiger partial charge in [0.05, 0.1) is 19.3 Å². The van der Waals surface area contributed by atoms with Gasteiger partial charge in [0, 0.05) is 9.40 Å². The minimum absolute atomic E-state index is 0.792. The molecule has 2 N–H and O–H groups in total. The average molecular weight is 239 g/mol. The van der Waals surface area contributed by atoms with Crippen LogP contribution in [0.1, 0.15) is 9.67 Å². The molecule has 0 spiro atoms. The van der Waals surface area contributed by atoms with Gasteiger partial charge < -0.3 is 5.73 Å². The fourth-order valence-electron chi connectivity index (χ4n) is 1.43. The van der Waals surface area contributed by atoms with Crippen LogP contribution in [0.25, 0.3) is 18.8 Å². The molecule has 0 aliphatic heterocycles. The van der Waals surface area contributed by atoms with E-state index in [4.69, 9.17) is 5.73 Å². The molecule has 0 saturated heterocycles. The van der Waals surface area contributed by atoms with Crippen molar-refractivity contribution in [2.75, 3.05) is 5.73 Å². The van der Waals surface area contributed by atoms with Gasteiger partial charge in [0.2, 0.25) is 0 Å². The lowest BCUT2D eigenvalue weighted by atomic mass is 10.4. The fraction of sp³-hybridized carbons (Fsp3) is 0. The van der Waals surface area contributed by atoms with Gasteiger partial charge in [0.1, 0.15) is 0 Å². The summed E-state index contributed by atoms with van der Waals surface area (Å²) in [6, 6.07) is 3.94. The number of fused-ring (bicyclic) bond motifs is 3. The van der Waals surface area contributed by atoms with Crippen LogP contribution in [0.3, 0.4) is 0 Å². The van der Waals surface area contributed by atoms with E-state index in [1.807, 2.05) is 12.1 Å². The van der Waals surface area contributed by atoms with Crippen molar-refractivity contribution in [1.29, 1.82) is 0 Å². The Hall–Kier alpha value is -0.910. The van der Waals surface area contributed by atoms with Crippen LogP contribution in [0, 0.1) is 0 Å². The molecule has 0 unspecified atom stereocenters. The standard InChI is InChI=1S/C9H5NOS3/c10-7-2-6-9(14-7)8-5(13-6)1-4(3-11)12-8/h1-3H,10H2. The maximum absolute atomic E-state index is 10.6. The molecule has 0 bridgehead atoms. The van der Waals surface area contributed by atoms with Gasteiger partial charge >= 0.3 is 0 Å². The molecule has 5 heteroatoms. The van der Waals surface area contributed by atoms with E-state index in [9.17, 15) is 4.79 Å². The summed E-state index contributed by atoms with van der Waals surface area (Å²) in [5.74, 6) is 0. The fourth-order valence-corrected chi connectivity index (χ4v) is 5.05. The van der Waals surface area contributed by atoms with Crippen LogP contribution in [0.5, 0.6) is 0 Å². The number of aldehydes is 1. The Kier molecular flexibility index (Phi) is 1.67. The number of nitrogens with two attached hydrogens (primary N) is 1. The highest BCUT2D eigenvalue weighted by Gasteiger charge is 2.11. The number of carbonyl (C=O) groups is 1. The minimum atomic E-state index is 0.792. The molecule has 0 aromatic carbocycles. The van der Waals surface area contributed by atoms with Gasteiger partial charge in [-0.3, -0.25) is 4.79 Å². The second-order valence-corrected chi connectivity index (χ2v) is 6.16. The number of rotatable bonds is 1. The lowest BCUT2D eigenvalue weighted by molar-refractivity contribution is 0.112. The van der Waals surface area contributed by atoms with Crippen LogP contribution in [-0.2, 0) is 0 Å². The van der Waals surface area contributed by atoms with Crippen molar-refractivity contribution in [2.45, 2.75) is 0 Å². The van der Waals surface area contributed by atoms with Gasteiger partial charge in [-0.2, -0.15) is 0 Å². The summed E-state index contributed by atoms with van der Waals surface area (Å²) in [6.07, 6.45) is 0.903. The maximum atomic E-state index is 10.6. The van der Waals surface area contributed by atoms with Crippen molar-refractivity contribution >= 4 is 64.1 Å². The molecule has 14 heavy (non-hydrogen) atoms. The predicted octanol–water partition coefficient (Wildman–Crippen LogP) is 3.57. The summed E-state index contributed by atoms with van der Waals surface area (Å²) in [6.45, 7) is 0. The Morgan fingerprint density at radius 1 is 1.07 bits per heavy atom. The Balaban J connectivity index is 2.47. The quantitative estimate of drug-likeness (QED) is 0.660. The second-order valence-electron chi connectivity index (χ2n) is 2.90. The first-order chi connectivity index (χ1) is 6.78. The molecule has 3 aromatic heterocycles. The third kappa shape index (κ3) is 1.03. The summed E-state index contributed by atoms with van der Waals surface area (Å²) in [5, 5.41) is 0.842. The molecule has 0 saturated carbocycles. The lowest BCUT2D eigenvalue weighted by Crippen LogP contribution is -1.72. The summed E-state index contributed by atoms with van der Waals surface area (Å²) in [4.78, 5) is 11.4. The third-order valence-corrected chi connectivity index (χ3v) is 5.51. The van der Waals surface area contributed by atoms with E-state index in [1.54, 1.807) is 34.0 Å². The van der Waals surface area contributed by atoms with Crippen molar-refractivity contribution < 1.29 is 4.79 Å². The molecule has 0 aliphatic carbocycles. The van der Waals surface area contributed by atoms with Crippen molar-refractivity contribution in [3.05, 3.63) is 17.0 Å². The molecular weight excluding hydrogens is 234 g/mol. The smallest absolute Gasteiger partial charge is 0.160 e. The molecule has 2 nitrogen and oxygen atoms in total. The molecule has 3 aromatic rings. The maximum Gasteiger partial charge on any atom is 0.160 e. The molecule has 3 rings (SSSR count). The summed E-state index contributed by atoms with van der Waals surface area (Å²) >= 11 is 4.84. The van der Waals surface area contributed by atoms with E-state index in [2.05, 4.69) is 0 Å². The van der Waals surface area contributed by atoms with Crippen molar-refractivity contribution in [3.8, 4) is 0 Å².